The van der Waals surface area contributed by atoms with Gasteiger partial charge in [-0.25, -0.2) is 0 Å². The van der Waals surface area contributed by atoms with E-state index in [1.54, 1.807) is 13.1 Å². The van der Waals surface area contributed by atoms with Crippen LogP contribution in [0, 0.1) is 17.8 Å². The van der Waals surface area contributed by atoms with Crippen molar-refractivity contribution < 1.29 is 9.90 Å². The molecule has 5 atom stereocenters. The fourth-order valence-corrected chi connectivity index (χ4v) is 6.00. The Kier molecular flexibility index (Phi) is 3.00. The Labute approximate surface area is 142 Å². The molecule has 4 fully saturated rings. The van der Waals surface area contributed by atoms with Gasteiger partial charge in [0, 0.05) is 24.2 Å². The molecule has 0 aliphatic heterocycles. The van der Waals surface area contributed by atoms with Crippen LogP contribution in [0.1, 0.15) is 60.6 Å². The predicted octanol–water partition coefficient (Wildman–Crippen LogP) is 3.21. The minimum Gasteiger partial charge on any atom is -0.390 e. The van der Waals surface area contributed by atoms with E-state index in [2.05, 4.69) is 22.5 Å². The van der Waals surface area contributed by atoms with Crippen molar-refractivity contribution in [3.05, 3.63) is 29.1 Å². The SMILES string of the molecule is CC(=O)c1cnc2c(c1NC1[C@@H]3CC4C[C@H]1CC(O)(C4)C3)C=CC2. The molecule has 126 valence electrons. The van der Waals surface area contributed by atoms with E-state index in [1.807, 2.05) is 0 Å². The number of carbonyl (C=O) groups is 1. The summed E-state index contributed by atoms with van der Waals surface area (Å²) in [6.07, 6.45) is 12.1. The zero-order valence-corrected chi connectivity index (χ0v) is 14.1. The molecule has 4 heteroatoms. The first-order valence-electron chi connectivity index (χ1n) is 9.21. The molecule has 6 rings (SSSR count). The molecule has 5 aliphatic rings. The number of anilines is 1. The summed E-state index contributed by atoms with van der Waals surface area (Å²) in [4.78, 5) is 16.6. The number of hydrogen-bond donors (Lipinski definition) is 2. The molecule has 24 heavy (non-hydrogen) atoms. The summed E-state index contributed by atoms with van der Waals surface area (Å²) in [5, 5.41) is 14.5. The van der Waals surface area contributed by atoms with Crippen molar-refractivity contribution in [2.45, 2.75) is 57.1 Å². The maximum Gasteiger partial charge on any atom is 0.163 e. The van der Waals surface area contributed by atoms with Gasteiger partial charge >= 0.3 is 0 Å². The van der Waals surface area contributed by atoms with Crippen LogP contribution in [0.4, 0.5) is 5.69 Å². The first-order valence-corrected chi connectivity index (χ1v) is 9.21. The third-order valence-corrected chi connectivity index (χ3v) is 6.73. The summed E-state index contributed by atoms with van der Waals surface area (Å²) in [5.41, 5.74) is 3.41. The topological polar surface area (TPSA) is 62.2 Å². The lowest BCUT2D eigenvalue weighted by atomic mass is 9.52. The predicted molar refractivity (Wildman–Crippen MR) is 92.9 cm³/mol. The lowest BCUT2D eigenvalue weighted by Crippen LogP contribution is -2.59. The molecule has 1 aromatic rings. The summed E-state index contributed by atoms with van der Waals surface area (Å²) >= 11 is 0. The third kappa shape index (κ3) is 2.08. The van der Waals surface area contributed by atoms with Crippen molar-refractivity contribution in [3.8, 4) is 0 Å². The van der Waals surface area contributed by atoms with E-state index in [1.165, 1.54) is 12.8 Å². The molecule has 0 saturated heterocycles. The van der Waals surface area contributed by atoms with Gasteiger partial charge in [-0.15, -0.1) is 0 Å². The van der Waals surface area contributed by atoms with Gasteiger partial charge in [-0.2, -0.15) is 0 Å². The molecule has 0 radical (unpaired) electrons. The Morgan fingerprint density at radius 2 is 2.04 bits per heavy atom. The largest absolute Gasteiger partial charge is 0.390 e. The average Bonchev–Trinajstić information content (AvgIpc) is 2.97. The van der Waals surface area contributed by atoms with Gasteiger partial charge in [-0.1, -0.05) is 12.2 Å². The van der Waals surface area contributed by atoms with Crippen LogP contribution >= 0.6 is 0 Å². The summed E-state index contributed by atoms with van der Waals surface area (Å²) in [5.74, 6) is 1.81. The monoisotopic (exact) mass is 324 g/mol. The van der Waals surface area contributed by atoms with Crippen LogP contribution in [-0.2, 0) is 6.42 Å². The second-order valence-corrected chi connectivity index (χ2v) is 8.43. The molecule has 1 aromatic heterocycles. The number of nitrogens with zero attached hydrogens (tertiary/aromatic N) is 1. The van der Waals surface area contributed by atoms with Crippen molar-refractivity contribution >= 4 is 17.5 Å². The highest BCUT2D eigenvalue weighted by Crippen LogP contribution is 2.56. The minimum absolute atomic E-state index is 0.0653. The number of hydrogen-bond acceptors (Lipinski definition) is 4. The van der Waals surface area contributed by atoms with Crippen LogP contribution in [0.2, 0.25) is 0 Å². The third-order valence-electron chi connectivity index (χ3n) is 6.73. The summed E-state index contributed by atoms with van der Waals surface area (Å²) in [6.45, 7) is 1.62. The molecular weight excluding hydrogens is 300 g/mol. The van der Waals surface area contributed by atoms with E-state index < -0.39 is 5.60 Å². The van der Waals surface area contributed by atoms with Crippen LogP contribution in [0.25, 0.3) is 6.08 Å². The number of pyridine rings is 1. The van der Waals surface area contributed by atoms with Gasteiger partial charge in [0.1, 0.15) is 0 Å². The van der Waals surface area contributed by atoms with E-state index in [0.29, 0.717) is 29.4 Å². The van der Waals surface area contributed by atoms with Crippen LogP contribution < -0.4 is 5.32 Å². The van der Waals surface area contributed by atoms with Gasteiger partial charge in [-0.3, -0.25) is 9.78 Å². The van der Waals surface area contributed by atoms with Crippen molar-refractivity contribution in [2.75, 3.05) is 5.32 Å². The van der Waals surface area contributed by atoms with E-state index in [0.717, 1.165) is 42.6 Å². The molecule has 3 unspecified atom stereocenters. The van der Waals surface area contributed by atoms with Crippen molar-refractivity contribution in [1.29, 1.82) is 0 Å². The van der Waals surface area contributed by atoms with Crippen LogP contribution in [0.5, 0.6) is 0 Å². The van der Waals surface area contributed by atoms with Crippen molar-refractivity contribution in [1.82, 2.24) is 4.98 Å². The van der Waals surface area contributed by atoms with Crippen LogP contribution in [0.15, 0.2) is 12.3 Å². The van der Waals surface area contributed by atoms with E-state index >= 15 is 0 Å². The molecule has 2 N–H and O–H groups in total. The zero-order chi connectivity index (χ0) is 16.5. The normalized spacial score (nSPS) is 38.4. The maximum absolute atomic E-state index is 12.1. The minimum atomic E-state index is -0.418. The number of rotatable bonds is 3. The van der Waals surface area contributed by atoms with E-state index in [9.17, 15) is 9.90 Å². The number of allylic oxidation sites excluding steroid dienone is 1. The van der Waals surface area contributed by atoms with Gasteiger partial charge in [0.15, 0.2) is 5.78 Å². The first-order chi connectivity index (χ1) is 11.5. The zero-order valence-electron chi connectivity index (χ0n) is 14.1. The van der Waals surface area contributed by atoms with Crippen LogP contribution in [-0.4, -0.2) is 27.5 Å². The second-order valence-electron chi connectivity index (χ2n) is 8.43. The highest BCUT2D eigenvalue weighted by molar-refractivity contribution is 6.01. The summed E-state index contributed by atoms with van der Waals surface area (Å²) in [7, 11) is 0. The van der Waals surface area contributed by atoms with E-state index in [-0.39, 0.29) is 5.78 Å². The molecule has 0 aromatic carbocycles. The Bertz CT molecular complexity index is 738. The lowest BCUT2D eigenvalue weighted by molar-refractivity contribution is -0.129. The smallest absolute Gasteiger partial charge is 0.163 e. The molecule has 4 saturated carbocycles. The highest BCUT2D eigenvalue weighted by Gasteiger charge is 2.54. The Morgan fingerprint density at radius 3 is 2.71 bits per heavy atom. The second kappa shape index (κ2) is 4.92. The van der Waals surface area contributed by atoms with E-state index in [4.69, 9.17) is 0 Å². The average molecular weight is 324 g/mol. The Balaban J connectivity index is 1.52. The fraction of sp³-hybridized carbons (Fsp3) is 0.600. The van der Waals surface area contributed by atoms with Gasteiger partial charge in [0.25, 0.3) is 0 Å². The number of fused-ring (bicyclic) bond motifs is 1. The Morgan fingerprint density at radius 1 is 1.29 bits per heavy atom. The maximum atomic E-state index is 12.1. The molecule has 1 heterocycles. The number of Topliss-reactive ketones (excluding diaryl/α,β-unsaturated/α-hetero) is 1. The van der Waals surface area contributed by atoms with Crippen molar-refractivity contribution in [3.63, 3.8) is 0 Å². The van der Waals surface area contributed by atoms with Gasteiger partial charge in [-0.05, 0) is 56.8 Å². The molecule has 4 nitrogen and oxygen atoms in total. The number of ketones is 1. The quantitative estimate of drug-likeness (QED) is 0.838. The highest BCUT2D eigenvalue weighted by atomic mass is 16.3. The van der Waals surface area contributed by atoms with Crippen molar-refractivity contribution in [2.24, 2.45) is 17.8 Å². The van der Waals surface area contributed by atoms with Gasteiger partial charge in [0.2, 0.25) is 0 Å². The summed E-state index contributed by atoms with van der Waals surface area (Å²) < 4.78 is 0. The van der Waals surface area contributed by atoms with Crippen LogP contribution in [0.3, 0.4) is 0 Å². The fourth-order valence-electron chi connectivity index (χ4n) is 6.00. The molecule has 4 bridgehead atoms. The number of carbonyl (C=O) groups excluding carboxylic acids is 1. The number of aliphatic hydroxyl groups is 1. The summed E-state index contributed by atoms with van der Waals surface area (Å²) in [6, 6.07) is 0.375. The first kappa shape index (κ1) is 14.6. The number of nitrogens with one attached hydrogen (secondary N) is 1. The van der Waals surface area contributed by atoms with Gasteiger partial charge in [0.05, 0.1) is 22.5 Å². The molecule has 0 amide bonds. The molecule has 5 aliphatic carbocycles. The number of aromatic nitrogens is 1. The lowest BCUT2D eigenvalue weighted by Gasteiger charge is -2.58. The van der Waals surface area contributed by atoms with Gasteiger partial charge < -0.3 is 10.4 Å². The standard InChI is InChI=1S/C20H24N2O2/c1-11(23)16-10-21-17-4-2-3-15(17)19(16)22-18-13-5-12-6-14(18)9-20(24,7-12)8-13/h2-3,10,12-14,18,24H,4-9H2,1H3,(H,21,22)/t12?,13-,14+,18?,20?. The molecular formula is C20H24N2O2. The Hall–Kier alpha value is -1.68. The molecule has 0 spiro atoms.